The van der Waals surface area contributed by atoms with Gasteiger partial charge in [0.2, 0.25) is 5.91 Å². The molecular weight excluding hydrogens is 338 g/mol. The molecule has 1 heterocycles. The second kappa shape index (κ2) is 8.77. The molecule has 26 heavy (non-hydrogen) atoms. The standard InChI is InChI=1S/C18H25N3O5/c1-18(14-7-5-4-6-8-14)16(23)21(17(24)19-18)13-15(22)20(9-11-25-2)10-12-26-3/h4-8H,9-13H2,1-3H3,(H,19,24)/t18-/m1/s1. The summed E-state index contributed by atoms with van der Waals surface area (Å²) in [5.74, 6) is -0.777. The summed E-state index contributed by atoms with van der Waals surface area (Å²) in [6.07, 6.45) is 0. The van der Waals surface area contributed by atoms with E-state index in [0.717, 1.165) is 4.90 Å². The molecule has 1 aromatic carbocycles. The van der Waals surface area contributed by atoms with E-state index in [1.54, 1.807) is 45.4 Å². The third kappa shape index (κ3) is 4.20. The highest BCUT2D eigenvalue weighted by molar-refractivity contribution is 6.09. The van der Waals surface area contributed by atoms with E-state index in [1.807, 2.05) is 6.07 Å². The van der Waals surface area contributed by atoms with Crippen LogP contribution in [0.25, 0.3) is 0 Å². The normalized spacial score (nSPS) is 19.6. The van der Waals surface area contributed by atoms with Crippen molar-refractivity contribution in [3.05, 3.63) is 35.9 Å². The number of methoxy groups -OCH3 is 2. The Bertz CT molecular complexity index is 643. The minimum atomic E-state index is -1.18. The Morgan fingerprint density at radius 1 is 1.12 bits per heavy atom. The van der Waals surface area contributed by atoms with Gasteiger partial charge in [0, 0.05) is 27.3 Å². The van der Waals surface area contributed by atoms with E-state index in [0.29, 0.717) is 31.9 Å². The van der Waals surface area contributed by atoms with Gasteiger partial charge in [0.05, 0.1) is 13.2 Å². The summed E-state index contributed by atoms with van der Waals surface area (Å²) in [6, 6.07) is 8.39. The molecule has 8 nitrogen and oxygen atoms in total. The maximum absolute atomic E-state index is 12.8. The molecule has 0 aromatic heterocycles. The lowest BCUT2D eigenvalue weighted by molar-refractivity contribution is -0.139. The molecule has 142 valence electrons. The van der Waals surface area contributed by atoms with Crippen molar-refractivity contribution in [3.8, 4) is 0 Å². The van der Waals surface area contributed by atoms with Crippen molar-refractivity contribution in [2.45, 2.75) is 12.5 Å². The molecule has 0 saturated carbocycles. The molecular formula is C18H25N3O5. The number of benzene rings is 1. The zero-order valence-electron chi connectivity index (χ0n) is 15.4. The molecule has 4 amide bonds. The van der Waals surface area contributed by atoms with Crippen LogP contribution in [0.5, 0.6) is 0 Å². The Morgan fingerprint density at radius 2 is 1.69 bits per heavy atom. The fourth-order valence-corrected chi connectivity index (χ4v) is 2.81. The lowest BCUT2D eigenvalue weighted by atomic mass is 9.92. The number of hydrogen-bond acceptors (Lipinski definition) is 5. The average molecular weight is 363 g/mol. The fourth-order valence-electron chi connectivity index (χ4n) is 2.81. The average Bonchev–Trinajstić information content (AvgIpc) is 2.86. The van der Waals surface area contributed by atoms with Crippen LogP contribution in [0.2, 0.25) is 0 Å². The summed E-state index contributed by atoms with van der Waals surface area (Å²) in [4.78, 5) is 40.3. The van der Waals surface area contributed by atoms with Gasteiger partial charge in [0.25, 0.3) is 5.91 Å². The van der Waals surface area contributed by atoms with Crippen LogP contribution in [0.15, 0.2) is 30.3 Å². The molecule has 0 unspecified atom stereocenters. The first-order chi connectivity index (χ1) is 12.4. The Kier molecular flexibility index (Phi) is 6.70. The van der Waals surface area contributed by atoms with E-state index < -0.39 is 17.5 Å². The Labute approximate surface area is 153 Å². The summed E-state index contributed by atoms with van der Waals surface area (Å²) < 4.78 is 10.0. The summed E-state index contributed by atoms with van der Waals surface area (Å²) in [5.41, 5.74) is -0.508. The first-order valence-electron chi connectivity index (χ1n) is 8.39. The minimum absolute atomic E-state index is 0.319. The van der Waals surface area contributed by atoms with Crippen molar-refractivity contribution in [3.63, 3.8) is 0 Å². The van der Waals surface area contributed by atoms with Gasteiger partial charge in [0.15, 0.2) is 0 Å². The third-order valence-electron chi connectivity index (χ3n) is 4.40. The van der Waals surface area contributed by atoms with E-state index in [4.69, 9.17) is 9.47 Å². The number of hydrogen-bond donors (Lipinski definition) is 1. The molecule has 1 atom stereocenters. The number of rotatable bonds is 9. The maximum Gasteiger partial charge on any atom is 0.325 e. The van der Waals surface area contributed by atoms with Crippen LogP contribution in [0.3, 0.4) is 0 Å². The smallest absolute Gasteiger partial charge is 0.325 e. The molecule has 1 aliphatic heterocycles. The number of urea groups is 1. The second-order valence-corrected chi connectivity index (χ2v) is 6.18. The van der Waals surface area contributed by atoms with Gasteiger partial charge in [-0.2, -0.15) is 0 Å². The van der Waals surface area contributed by atoms with Crippen molar-refractivity contribution in [2.75, 3.05) is 47.1 Å². The topological polar surface area (TPSA) is 88.2 Å². The van der Waals surface area contributed by atoms with E-state index in [9.17, 15) is 14.4 Å². The molecule has 0 aliphatic carbocycles. The molecule has 1 aliphatic rings. The molecule has 0 spiro atoms. The maximum atomic E-state index is 12.8. The number of amides is 4. The van der Waals surface area contributed by atoms with E-state index in [-0.39, 0.29) is 12.5 Å². The fraction of sp³-hybridized carbons (Fsp3) is 0.500. The molecule has 2 rings (SSSR count). The van der Waals surface area contributed by atoms with Gasteiger partial charge in [-0.15, -0.1) is 0 Å². The molecule has 1 N–H and O–H groups in total. The lowest BCUT2D eigenvalue weighted by Crippen LogP contribution is -2.46. The van der Waals surface area contributed by atoms with Crippen molar-refractivity contribution in [2.24, 2.45) is 0 Å². The van der Waals surface area contributed by atoms with Crippen LogP contribution in [0, 0.1) is 0 Å². The van der Waals surface area contributed by atoms with Gasteiger partial charge in [-0.3, -0.25) is 14.5 Å². The highest BCUT2D eigenvalue weighted by Crippen LogP contribution is 2.28. The van der Waals surface area contributed by atoms with Gasteiger partial charge in [0.1, 0.15) is 12.1 Å². The van der Waals surface area contributed by atoms with E-state index in [1.165, 1.54) is 4.90 Å². The number of ether oxygens (including phenoxy) is 2. The number of imide groups is 1. The monoisotopic (exact) mass is 363 g/mol. The molecule has 1 saturated heterocycles. The molecule has 0 radical (unpaired) electrons. The van der Waals surface area contributed by atoms with Gasteiger partial charge in [-0.1, -0.05) is 30.3 Å². The molecule has 0 bridgehead atoms. The highest BCUT2D eigenvalue weighted by Gasteiger charge is 2.49. The van der Waals surface area contributed by atoms with Crippen LogP contribution >= 0.6 is 0 Å². The van der Waals surface area contributed by atoms with Crippen molar-refractivity contribution >= 4 is 17.8 Å². The predicted molar refractivity (Wildman–Crippen MR) is 94.4 cm³/mol. The largest absolute Gasteiger partial charge is 0.383 e. The summed E-state index contributed by atoms with van der Waals surface area (Å²) in [5, 5.41) is 2.69. The van der Waals surface area contributed by atoms with Crippen LogP contribution in [-0.4, -0.2) is 74.7 Å². The number of carbonyl (C=O) groups is 3. The first-order valence-corrected chi connectivity index (χ1v) is 8.39. The SMILES string of the molecule is COCCN(CCOC)C(=O)CN1C(=O)N[C@](C)(c2ccccc2)C1=O. The highest BCUT2D eigenvalue weighted by atomic mass is 16.5. The minimum Gasteiger partial charge on any atom is -0.383 e. The zero-order valence-corrected chi connectivity index (χ0v) is 15.4. The molecule has 1 fully saturated rings. The summed E-state index contributed by atoms with van der Waals surface area (Å²) >= 11 is 0. The van der Waals surface area contributed by atoms with E-state index >= 15 is 0 Å². The van der Waals surface area contributed by atoms with Gasteiger partial charge in [-0.25, -0.2) is 4.79 Å². The van der Waals surface area contributed by atoms with Crippen molar-refractivity contribution in [1.29, 1.82) is 0 Å². The Morgan fingerprint density at radius 3 is 2.23 bits per heavy atom. The van der Waals surface area contributed by atoms with Crippen LogP contribution in [0.1, 0.15) is 12.5 Å². The summed E-state index contributed by atoms with van der Waals surface area (Å²) in [7, 11) is 3.09. The quantitative estimate of drug-likeness (QED) is 0.648. The predicted octanol–water partition coefficient (Wildman–Crippen LogP) is 0.575. The van der Waals surface area contributed by atoms with Crippen LogP contribution in [-0.2, 0) is 24.6 Å². The summed E-state index contributed by atoms with van der Waals surface area (Å²) in [6.45, 7) is 2.76. The van der Waals surface area contributed by atoms with Gasteiger partial charge >= 0.3 is 6.03 Å². The van der Waals surface area contributed by atoms with Crippen molar-refractivity contribution < 1.29 is 23.9 Å². The number of carbonyl (C=O) groups excluding carboxylic acids is 3. The Hall–Kier alpha value is -2.45. The van der Waals surface area contributed by atoms with Gasteiger partial charge in [-0.05, 0) is 12.5 Å². The second-order valence-electron chi connectivity index (χ2n) is 6.18. The number of nitrogens with zero attached hydrogens (tertiary/aromatic N) is 2. The van der Waals surface area contributed by atoms with Crippen LogP contribution < -0.4 is 5.32 Å². The van der Waals surface area contributed by atoms with Crippen LogP contribution in [0.4, 0.5) is 4.79 Å². The molecule has 1 aromatic rings. The Balaban J connectivity index is 2.11. The lowest BCUT2D eigenvalue weighted by Gasteiger charge is -2.25. The first kappa shape index (κ1) is 19.9. The third-order valence-corrected chi connectivity index (χ3v) is 4.40. The zero-order chi connectivity index (χ0) is 19.2. The number of nitrogens with one attached hydrogen (secondary N) is 1. The van der Waals surface area contributed by atoms with Crippen molar-refractivity contribution in [1.82, 2.24) is 15.1 Å². The van der Waals surface area contributed by atoms with E-state index in [2.05, 4.69) is 5.32 Å². The molecule has 8 heteroatoms. The van der Waals surface area contributed by atoms with Gasteiger partial charge < -0.3 is 19.7 Å².